The zero-order valence-electron chi connectivity index (χ0n) is 35.6. The van der Waals surface area contributed by atoms with Gasteiger partial charge in [-0.05, 0) is 82.8 Å². The number of Topliss-reactive ketones (excluding diaryl/α,β-unsaturated/α-hetero) is 1. The second-order valence-electron chi connectivity index (χ2n) is 20.1. The molecule has 10 aliphatic heterocycles. The molecule has 14 nitrogen and oxygen atoms in total. The Morgan fingerprint density at radius 1 is 0.831 bits per heavy atom. The van der Waals surface area contributed by atoms with E-state index < -0.39 is 41.9 Å². The largest absolute Gasteiger partial charge is 0.444 e. The van der Waals surface area contributed by atoms with Gasteiger partial charge in [0.1, 0.15) is 41.9 Å². The summed E-state index contributed by atoms with van der Waals surface area (Å²) in [4.78, 5) is 26.6. The fraction of sp³-hybridized carbons (Fsp3) is 0.867. The van der Waals surface area contributed by atoms with Gasteiger partial charge in [0.05, 0.1) is 67.1 Å². The Morgan fingerprint density at radius 3 is 2.36 bits per heavy atom. The molecule has 1 amide bonds. The number of aliphatic hydroxyl groups is 1. The number of hydrogen-bond acceptors (Lipinski definition) is 13. The standard InChI is InChI=1S/C45H67NO13/c1-22-14-27-8-10-31-23(2)15-29(51-31)12-13-45-20-36-39(57-45)40-41(56-36)42(58-45)38-32(55-40)11-9-28(53-38)16-25(47)17-30-34(19-33(52-27)24(22)3)54-35(37(30)50-7)18-26(48)21-46-43(49)59-44(4,5)6/h22,26-42,48H,2-3,8-21H2,1,4-7H3,(H,46,49)/t22?,26?,27?,28?,29?,30?,31?,32?,33?,34-,35+,36?,37+,38-,39?,40-,41?,42?,45-/m0/s1. The summed E-state index contributed by atoms with van der Waals surface area (Å²) in [6.45, 7) is 16.5. The molecule has 2 N–H and O–H groups in total. The quantitative estimate of drug-likeness (QED) is 0.357. The maximum absolute atomic E-state index is 14.2. The van der Waals surface area contributed by atoms with Gasteiger partial charge < -0.3 is 57.8 Å². The lowest BCUT2D eigenvalue weighted by Gasteiger charge is -2.47. The Kier molecular flexibility index (Phi) is 11.9. The van der Waals surface area contributed by atoms with Gasteiger partial charge >= 0.3 is 6.09 Å². The van der Waals surface area contributed by atoms with Crippen molar-refractivity contribution in [1.29, 1.82) is 0 Å². The minimum absolute atomic E-state index is 0.000416. The van der Waals surface area contributed by atoms with E-state index in [2.05, 4.69) is 25.4 Å². The van der Waals surface area contributed by atoms with E-state index in [9.17, 15) is 14.7 Å². The maximum Gasteiger partial charge on any atom is 0.407 e. The maximum atomic E-state index is 14.2. The number of carbonyl (C=O) groups is 2. The summed E-state index contributed by atoms with van der Waals surface area (Å²) in [6, 6.07) is 0. The van der Waals surface area contributed by atoms with E-state index in [4.69, 9.17) is 47.4 Å². The molecule has 10 saturated heterocycles. The van der Waals surface area contributed by atoms with Crippen molar-refractivity contribution in [3.63, 3.8) is 0 Å². The number of alkyl carbamates (subject to hydrolysis) is 1. The highest BCUT2D eigenvalue weighted by molar-refractivity contribution is 5.79. The molecule has 0 saturated carbocycles. The number of rotatable bonds is 5. The van der Waals surface area contributed by atoms with Crippen LogP contribution in [0.2, 0.25) is 0 Å². The van der Waals surface area contributed by atoms with Crippen LogP contribution in [0, 0.1) is 11.8 Å². The fourth-order valence-corrected chi connectivity index (χ4v) is 11.8. The molecule has 10 aliphatic rings. The molecule has 0 radical (unpaired) electrons. The number of amides is 1. The van der Waals surface area contributed by atoms with Crippen LogP contribution < -0.4 is 5.32 Å². The van der Waals surface area contributed by atoms with E-state index in [1.54, 1.807) is 27.9 Å². The summed E-state index contributed by atoms with van der Waals surface area (Å²) < 4.78 is 65.7. The van der Waals surface area contributed by atoms with Gasteiger partial charge in [-0.25, -0.2) is 4.79 Å². The van der Waals surface area contributed by atoms with Crippen molar-refractivity contribution in [3.05, 3.63) is 24.3 Å². The van der Waals surface area contributed by atoms with Crippen LogP contribution >= 0.6 is 0 Å². The van der Waals surface area contributed by atoms with E-state index in [-0.39, 0.29) is 117 Å². The van der Waals surface area contributed by atoms with E-state index in [0.29, 0.717) is 25.7 Å². The third kappa shape index (κ3) is 8.71. The van der Waals surface area contributed by atoms with Gasteiger partial charge in [-0.2, -0.15) is 0 Å². The summed E-state index contributed by atoms with van der Waals surface area (Å²) in [5, 5.41) is 13.8. The van der Waals surface area contributed by atoms with E-state index in [1.165, 1.54) is 0 Å². The molecule has 0 aliphatic carbocycles. The van der Waals surface area contributed by atoms with Gasteiger partial charge in [-0.3, -0.25) is 4.79 Å². The van der Waals surface area contributed by atoms with Gasteiger partial charge in [0.2, 0.25) is 0 Å². The minimum Gasteiger partial charge on any atom is -0.444 e. The molecular formula is C45H67NO13. The monoisotopic (exact) mass is 829 g/mol. The Hall–Kier alpha value is -1.98. The molecule has 19 atom stereocenters. The van der Waals surface area contributed by atoms with Crippen LogP contribution in [0.4, 0.5) is 4.79 Å². The molecule has 0 aromatic carbocycles. The van der Waals surface area contributed by atoms with E-state index in [0.717, 1.165) is 49.7 Å². The van der Waals surface area contributed by atoms with Crippen LogP contribution in [-0.4, -0.2) is 140 Å². The van der Waals surface area contributed by atoms with Gasteiger partial charge in [0.15, 0.2) is 5.79 Å². The van der Waals surface area contributed by atoms with Crippen LogP contribution in [0.1, 0.15) is 111 Å². The van der Waals surface area contributed by atoms with E-state index >= 15 is 0 Å². The first-order valence-corrected chi connectivity index (χ1v) is 22.5. The van der Waals surface area contributed by atoms with Gasteiger partial charge in [-0.1, -0.05) is 20.1 Å². The molecule has 1 spiro atoms. The molecule has 330 valence electrons. The van der Waals surface area contributed by atoms with Crippen molar-refractivity contribution in [3.8, 4) is 0 Å². The fourth-order valence-electron chi connectivity index (χ4n) is 11.8. The summed E-state index contributed by atoms with van der Waals surface area (Å²) in [6.07, 6.45) is 2.78. The van der Waals surface area contributed by atoms with Crippen LogP contribution in [0.25, 0.3) is 0 Å². The highest BCUT2D eigenvalue weighted by atomic mass is 16.8. The Morgan fingerprint density at radius 2 is 1.56 bits per heavy atom. The number of carbonyl (C=O) groups excluding carboxylic acids is 2. The lowest BCUT2D eigenvalue weighted by atomic mass is 9.81. The molecule has 59 heavy (non-hydrogen) atoms. The average molecular weight is 830 g/mol. The Bertz CT molecular complexity index is 1600. The average Bonchev–Trinajstić information content (AvgIpc) is 3.85. The second kappa shape index (κ2) is 16.6. The highest BCUT2D eigenvalue weighted by Crippen LogP contribution is 2.54. The Balaban J connectivity index is 0.955. The molecule has 14 heteroatoms. The number of aliphatic hydroxyl groups excluding tert-OH is 1. The molecule has 10 heterocycles. The minimum atomic E-state index is -0.935. The number of fused-ring (bicyclic) bond motifs is 6. The molecule has 0 aromatic rings. The molecule has 10 rings (SSSR count). The number of ketones is 1. The van der Waals surface area contributed by atoms with Gasteiger partial charge in [-0.15, -0.1) is 0 Å². The first-order chi connectivity index (χ1) is 28.1. The summed E-state index contributed by atoms with van der Waals surface area (Å²) in [5.74, 6) is -0.821. The zero-order chi connectivity index (χ0) is 41.4. The predicted molar refractivity (Wildman–Crippen MR) is 211 cm³/mol. The smallest absolute Gasteiger partial charge is 0.407 e. The first-order valence-electron chi connectivity index (χ1n) is 22.5. The van der Waals surface area contributed by atoms with Crippen molar-refractivity contribution in [2.24, 2.45) is 11.8 Å². The number of hydrogen-bond donors (Lipinski definition) is 2. The predicted octanol–water partition coefficient (Wildman–Crippen LogP) is 5.00. The van der Waals surface area contributed by atoms with Crippen molar-refractivity contribution < 1.29 is 62.1 Å². The van der Waals surface area contributed by atoms with Crippen LogP contribution in [0.15, 0.2) is 24.3 Å². The summed E-state index contributed by atoms with van der Waals surface area (Å²) in [7, 11) is 1.63. The normalized spacial score (nSPS) is 47.7. The Labute approximate surface area is 348 Å². The van der Waals surface area contributed by atoms with Crippen LogP contribution in [0.5, 0.6) is 0 Å². The van der Waals surface area contributed by atoms with Crippen LogP contribution in [-0.2, 0) is 52.2 Å². The van der Waals surface area contributed by atoms with Gasteiger partial charge in [0, 0.05) is 58.1 Å². The van der Waals surface area contributed by atoms with Crippen molar-refractivity contribution in [2.45, 2.75) is 220 Å². The highest BCUT2D eigenvalue weighted by Gasteiger charge is 2.68. The topological polar surface area (TPSA) is 159 Å². The third-order valence-corrected chi connectivity index (χ3v) is 14.6. The molecular weight excluding hydrogens is 762 g/mol. The number of methoxy groups -OCH3 is 1. The van der Waals surface area contributed by atoms with Crippen LogP contribution in [0.3, 0.4) is 0 Å². The SMILES string of the molecule is C=C1CC2CC[C@@]34CC5OC6C(O3)[C@H]3OC(CCC3O[C@H]6C5O4)CC(=O)CC3[C@H](CC4OC(CCC1O2)CC(C)C4=C)O[C@H](CC(O)CNC(=O)OC(C)(C)C)[C@@H]3OC. The third-order valence-electron chi connectivity index (χ3n) is 14.6. The van der Waals surface area contributed by atoms with Crippen molar-refractivity contribution in [2.75, 3.05) is 13.7 Å². The molecule has 13 unspecified atom stereocenters. The summed E-state index contributed by atoms with van der Waals surface area (Å²) >= 11 is 0. The molecule has 12 bridgehead atoms. The molecule has 0 aromatic heterocycles. The second-order valence-corrected chi connectivity index (χ2v) is 20.1. The van der Waals surface area contributed by atoms with Crippen molar-refractivity contribution >= 4 is 11.9 Å². The van der Waals surface area contributed by atoms with E-state index in [1.807, 2.05) is 0 Å². The first kappa shape index (κ1) is 42.3. The number of nitrogens with one attached hydrogen (secondary N) is 1. The number of ether oxygens (including phenoxy) is 10. The molecule has 10 fully saturated rings. The lowest BCUT2D eigenvalue weighted by molar-refractivity contribution is -0.292. The van der Waals surface area contributed by atoms with Crippen molar-refractivity contribution in [1.82, 2.24) is 5.32 Å². The lowest BCUT2D eigenvalue weighted by Crippen LogP contribution is -2.61. The van der Waals surface area contributed by atoms with Gasteiger partial charge in [0.25, 0.3) is 0 Å². The zero-order valence-corrected chi connectivity index (χ0v) is 35.6. The summed E-state index contributed by atoms with van der Waals surface area (Å²) in [5.41, 5.74) is 1.48.